The lowest BCUT2D eigenvalue weighted by Gasteiger charge is -2.23. The molecule has 0 radical (unpaired) electrons. The van der Waals surface area contributed by atoms with Gasteiger partial charge in [-0.15, -0.1) is 0 Å². The zero-order valence-corrected chi connectivity index (χ0v) is 10.3. The molecule has 2 aliphatic rings. The SMILES string of the molecule is CN(C(=O)[C@@H]1C[C@@H]1C(=O)O)C1CCS(=O)(=O)C1. The summed E-state index contributed by atoms with van der Waals surface area (Å²) in [5.74, 6) is -2.11. The third kappa shape index (κ3) is 2.43. The van der Waals surface area contributed by atoms with Crippen LogP contribution in [0.2, 0.25) is 0 Å². The fraction of sp³-hybridized carbons (Fsp3) is 0.800. The van der Waals surface area contributed by atoms with Gasteiger partial charge in [0, 0.05) is 13.1 Å². The number of nitrogens with zero attached hydrogens (tertiary/aromatic N) is 1. The summed E-state index contributed by atoms with van der Waals surface area (Å²) < 4.78 is 22.6. The number of carboxylic acid groups (broad SMARTS) is 1. The second-order valence-electron chi connectivity index (χ2n) is 4.79. The molecule has 96 valence electrons. The Kier molecular flexibility index (Phi) is 2.89. The van der Waals surface area contributed by atoms with Gasteiger partial charge in [-0.05, 0) is 12.8 Å². The summed E-state index contributed by atoms with van der Waals surface area (Å²) in [5.41, 5.74) is 0. The number of aliphatic carboxylic acids is 1. The molecule has 6 nitrogen and oxygen atoms in total. The van der Waals surface area contributed by atoms with Crippen LogP contribution in [-0.4, -0.2) is 54.9 Å². The summed E-state index contributed by atoms with van der Waals surface area (Å²) in [6.45, 7) is 0. The molecule has 1 aliphatic heterocycles. The van der Waals surface area contributed by atoms with Gasteiger partial charge in [0.05, 0.1) is 23.3 Å². The van der Waals surface area contributed by atoms with Gasteiger partial charge in [0.2, 0.25) is 5.91 Å². The Morgan fingerprint density at radius 1 is 1.29 bits per heavy atom. The van der Waals surface area contributed by atoms with Gasteiger partial charge in [-0.25, -0.2) is 8.42 Å². The van der Waals surface area contributed by atoms with Crippen molar-refractivity contribution in [3.63, 3.8) is 0 Å². The fourth-order valence-electron chi connectivity index (χ4n) is 2.26. The first-order chi connectivity index (χ1) is 7.82. The summed E-state index contributed by atoms with van der Waals surface area (Å²) in [5, 5.41) is 8.74. The zero-order chi connectivity index (χ0) is 12.8. The van der Waals surface area contributed by atoms with Crippen molar-refractivity contribution in [2.45, 2.75) is 18.9 Å². The first-order valence-corrected chi connectivity index (χ1v) is 7.34. The summed E-state index contributed by atoms with van der Waals surface area (Å²) in [4.78, 5) is 24.0. The highest BCUT2D eigenvalue weighted by Gasteiger charge is 2.50. The average Bonchev–Trinajstić information content (AvgIpc) is 2.95. The van der Waals surface area contributed by atoms with E-state index >= 15 is 0 Å². The van der Waals surface area contributed by atoms with E-state index in [0.29, 0.717) is 12.8 Å². The minimum atomic E-state index is -3.02. The van der Waals surface area contributed by atoms with E-state index in [0.717, 1.165) is 0 Å². The predicted octanol–water partition coefficient (Wildman–Crippen LogP) is -0.647. The minimum absolute atomic E-state index is 0.000300. The van der Waals surface area contributed by atoms with Crippen LogP contribution in [-0.2, 0) is 19.4 Å². The first kappa shape index (κ1) is 12.3. The second-order valence-corrected chi connectivity index (χ2v) is 7.02. The van der Waals surface area contributed by atoms with Crippen LogP contribution < -0.4 is 0 Å². The standard InChI is InChI=1S/C10H15NO5S/c1-11(6-2-3-17(15,16)5-6)9(12)7-4-8(7)10(13)14/h6-8H,2-5H2,1H3,(H,13,14)/t6?,7-,8+/m1/s1. The molecule has 1 saturated heterocycles. The van der Waals surface area contributed by atoms with E-state index in [4.69, 9.17) is 5.11 Å². The van der Waals surface area contributed by atoms with Crippen molar-refractivity contribution < 1.29 is 23.1 Å². The van der Waals surface area contributed by atoms with Crippen molar-refractivity contribution in [2.75, 3.05) is 18.6 Å². The third-order valence-corrected chi connectivity index (χ3v) is 5.28. The van der Waals surface area contributed by atoms with Gasteiger partial charge in [0.1, 0.15) is 0 Å². The summed E-state index contributed by atoms with van der Waals surface area (Å²) in [7, 11) is -1.46. The average molecular weight is 261 g/mol. The Morgan fingerprint density at radius 3 is 2.35 bits per heavy atom. The van der Waals surface area contributed by atoms with Crippen LogP contribution >= 0.6 is 0 Å². The quantitative estimate of drug-likeness (QED) is 0.729. The van der Waals surface area contributed by atoms with Crippen molar-refractivity contribution in [1.82, 2.24) is 4.90 Å². The number of amides is 1. The topological polar surface area (TPSA) is 91.8 Å². The van der Waals surface area contributed by atoms with E-state index in [-0.39, 0.29) is 23.5 Å². The Morgan fingerprint density at radius 2 is 1.94 bits per heavy atom. The highest BCUT2D eigenvalue weighted by Crippen LogP contribution is 2.40. The van der Waals surface area contributed by atoms with Gasteiger partial charge in [0.25, 0.3) is 0 Å². The van der Waals surface area contributed by atoms with Gasteiger partial charge in [-0.2, -0.15) is 0 Å². The third-order valence-electron chi connectivity index (χ3n) is 3.53. The molecule has 1 heterocycles. The monoisotopic (exact) mass is 261 g/mol. The summed E-state index contributed by atoms with van der Waals surface area (Å²) in [6.07, 6.45) is 0.826. The van der Waals surface area contributed by atoms with Gasteiger partial charge in [-0.3, -0.25) is 9.59 Å². The van der Waals surface area contributed by atoms with E-state index in [9.17, 15) is 18.0 Å². The first-order valence-electron chi connectivity index (χ1n) is 5.52. The minimum Gasteiger partial charge on any atom is -0.481 e. The fourth-order valence-corrected chi connectivity index (χ4v) is 4.04. The van der Waals surface area contributed by atoms with Crippen LogP contribution in [0.4, 0.5) is 0 Å². The van der Waals surface area contributed by atoms with Gasteiger partial charge >= 0.3 is 5.97 Å². The Bertz CT molecular complexity index is 457. The summed E-state index contributed by atoms with van der Waals surface area (Å²) >= 11 is 0. The van der Waals surface area contributed by atoms with Crippen molar-refractivity contribution in [3.05, 3.63) is 0 Å². The molecule has 0 aromatic rings. The van der Waals surface area contributed by atoms with Crippen molar-refractivity contribution in [2.24, 2.45) is 11.8 Å². The van der Waals surface area contributed by atoms with Crippen LogP contribution in [0, 0.1) is 11.8 Å². The highest BCUT2D eigenvalue weighted by molar-refractivity contribution is 7.91. The second kappa shape index (κ2) is 3.97. The lowest BCUT2D eigenvalue weighted by atomic mass is 10.2. The van der Waals surface area contributed by atoms with Gasteiger partial charge in [0.15, 0.2) is 9.84 Å². The molecule has 1 amide bonds. The van der Waals surface area contributed by atoms with Crippen molar-refractivity contribution in [3.8, 4) is 0 Å². The molecular formula is C10H15NO5S. The maximum Gasteiger partial charge on any atom is 0.307 e. The van der Waals surface area contributed by atoms with Crippen LogP contribution in [0.15, 0.2) is 0 Å². The molecule has 0 spiro atoms. The molecule has 1 unspecified atom stereocenters. The molecule has 0 bridgehead atoms. The van der Waals surface area contributed by atoms with E-state index in [1.54, 1.807) is 7.05 Å². The van der Waals surface area contributed by atoms with E-state index in [1.807, 2.05) is 0 Å². The molecule has 1 N–H and O–H groups in total. The number of carboxylic acids is 1. The van der Waals surface area contributed by atoms with Gasteiger partial charge in [-0.1, -0.05) is 0 Å². The molecule has 0 aromatic carbocycles. The number of hydrogen-bond acceptors (Lipinski definition) is 4. The normalized spacial score (nSPS) is 34.3. The lowest BCUT2D eigenvalue weighted by molar-refractivity contribution is -0.142. The molecule has 1 aliphatic carbocycles. The predicted molar refractivity (Wildman–Crippen MR) is 59.1 cm³/mol. The van der Waals surface area contributed by atoms with Crippen molar-refractivity contribution in [1.29, 1.82) is 0 Å². The maximum atomic E-state index is 11.9. The number of hydrogen-bond donors (Lipinski definition) is 1. The molecule has 0 aromatic heterocycles. The van der Waals surface area contributed by atoms with E-state index in [2.05, 4.69) is 0 Å². The molecule has 1 saturated carbocycles. The Hall–Kier alpha value is -1.11. The number of carbonyl (C=O) groups is 2. The Balaban J connectivity index is 1.96. The largest absolute Gasteiger partial charge is 0.481 e. The molecular weight excluding hydrogens is 246 g/mol. The molecule has 2 fully saturated rings. The molecule has 2 rings (SSSR count). The Labute approximate surface area is 99.5 Å². The van der Waals surface area contributed by atoms with E-state index in [1.165, 1.54) is 4.90 Å². The zero-order valence-electron chi connectivity index (χ0n) is 9.50. The smallest absolute Gasteiger partial charge is 0.307 e. The molecule has 7 heteroatoms. The van der Waals surface area contributed by atoms with Crippen LogP contribution in [0.25, 0.3) is 0 Å². The van der Waals surface area contributed by atoms with Crippen molar-refractivity contribution >= 4 is 21.7 Å². The van der Waals surface area contributed by atoms with Crippen LogP contribution in [0.5, 0.6) is 0 Å². The maximum absolute atomic E-state index is 11.9. The van der Waals surface area contributed by atoms with Gasteiger partial charge < -0.3 is 10.0 Å². The number of sulfone groups is 1. The molecule has 17 heavy (non-hydrogen) atoms. The summed E-state index contributed by atoms with van der Waals surface area (Å²) in [6, 6.07) is -0.289. The number of rotatable bonds is 3. The van der Waals surface area contributed by atoms with Crippen LogP contribution in [0.1, 0.15) is 12.8 Å². The lowest BCUT2D eigenvalue weighted by Crippen LogP contribution is -2.39. The number of carbonyl (C=O) groups excluding carboxylic acids is 1. The molecule has 3 atom stereocenters. The van der Waals surface area contributed by atoms with E-state index < -0.39 is 27.6 Å². The highest BCUT2D eigenvalue weighted by atomic mass is 32.2. The van der Waals surface area contributed by atoms with Crippen LogP contribution in [0.3, 0.4) is 0 Å².